The number of benzene rings is 1. The molecule has 3 N–H and O–H groups in total. The van der Waals surface area contributed by atoms with Gasteiger partial charge >= 0.3 is 5.97 Å². The Balaban J connectivity index is 1.30. The minimum Gasteiger partial charge on any atom is -0.461 e. The van der Waals surface area contributed by atoms with Crippen LogP contribution in [-0.2, 0) is 51.1 Å². The highest BCUT2D eigenvalue weighted by atomic mass is 16.5. The summed E-state index contributed by atoms with van der Waals surface area (Å²) in [7, 11) is 0. The van der Waals surface area contributed by atoms with Gasteiger partial charge in [-0.2, -0.15) is 0 Å². The number of fused-ring (bicyclic) bond motifs is 3. The van der Waals surface area contributed by atoms with Gasteiger partial charge in [-0.3, -0.25) is 33.8 Å². The van der Waals surface area contributed by atoms with Crippen molar-refractivity contribution in [3.05, 3.63) is 66.0 Å². The molecular weight excluding hydrogens is 694 g/mol. The molecule has 0 saturated carbocycles. The van der Waals surface area contributed by atoms with E-state index in [-0.39, 0.29) is 37.8 Å². The lowest BCUT2D eigenvalue weighted by molar-refractivity contribution is -0.158. The number of aromatic nitrogens is 1. The highest BCUT2D eigenvalue weighted by molar-refractivity contribution is 5.98. The smallest absolute Gasteiger partial charge is 0.328 e. The number of carbonyl (C=O) groups excluding carboxylic acids is 7. The van der Waals surface area contributed by atoms with Gasteiger partial charge in [0.1, 0.15) is 42.9 Å². The molecule has 2 aromatic rings. The van der Waals surface area contributed by atoms with Gasteiger partial charge in [-0.25, -0.2) is 4.79 Å². The maximum absolute atomic E-state index is 14.5. The quantitative estimate of drug-likeness (QED) is 0.340. The molecule has 4 aliphatic heterocycles. The van der Waals surface area contributed by atoms with Crippen molar-refractivity contribution >= 4 is 41.4 Å². The monoisotopic (exact) mass is 743 g/mol. The van der Waals surface area contributed by atoms with Crippen molar-refractivity contribution in [3.63, 3.8) is 0 Å². The van der Waals surface area contributed by atoms with E-state index in [0.717, 1.165) is 5.56 Å². The minimum atomic E-state index is -1.42. The van der Waals surface area contributed by atoms with Gasteiger partial charge in [0.2, 0.25) is 35.4 Å². The highest BCUT2D eigenvalue weighted by Crippen LogP contribution is 2.28. The molecule has 7 atom stereocenters. The summed E-state index contributed by atoms with van der Waals surface area (Å²) < 4.78 is 5.74. The van der Waals surface area contributed by atoms with Gasteiger partial charge in [-0.05, 0) is 74.6 Å². The number of hydrogen-bond acceptors (Lipinski definition) is 9. The Morgan fingerprint density at radius 2 is 1.54 bits per heavy atom. The summed E-state index contributed by atoms with van der Waals surface area (Å²) in [6.07, 6.45) is 6.21. The largest absolute Gasteiger partial charge is 0.461 e. The van der Waals surface area contributed by atoms with Crippen molar-refractivity contribution in [3.8, 4) is 0 Å². The summed E-state index contributed by atoms with van der Waals surface area (Å²) in [6.45, 7) is 3.71. The molecule has 4 saturated heterocycles. The Hall–Kier alpha value is -5.34. The minimum absolute atomic E-state index is 0.0121. The van der Waals surface area contributed by atoms with Crippen molar-refractivity contribution in [2.45, 2.75) is 101 Å². The molecule has 0 bridgehead atoms. The van der Waals surface area contributed by atoms with Gasteiger partial charge in [0.05, 0.1) is 6.42 Å². The Morgan fingerprint density at radius 3 is 2.30 bits per heavy atom. The van der Waals surface area contributed by atoms with Crippen LogP contribution in [0.5, 0.6) is 0 Å². The molecule has 0 aliphatic carbocycles. The molecule has 6 rings (SSSR count). The van der Waals surface area contributed by atoms with Crippen LogP contribution in [0.2, 0.25) is 0 Å². The second-order valence-electron chi connectivity index (χ2n) is 14.8. The number of nitrogens with zero attached hydrogens (tertiary/aromatic N) is 4. The Kier molecular flexibility index (Phi) is 12.2. The van der Waals surface area contributed by atoms with Gasteiger partial charge in [0.15, 0.2) is 0 Å². The number of ether oxygens (including phenoxy) is 1. The Labute approximate surface area is 314 Å². The number of pyridine rings is 1. The van der Waals surface area contributed by atoms with Gasteiger partial charge in [0.25, 0.3) is 0 Å². The summed E-state index contributed by atoms with van der Waals surface area (Å²) in [4.78, 5) is 105. The summed E-state index contributed by atoms with van der Waals surface area (Å²) in [5.74, 6) is -3.81. The molecule has 54 heavy (non-hydrogen) atoms. The average Bonchev–Trinajstić information content (AvgIpc) is 3.83. The van der Waals surface area contributed by atoms with E-state index in [1.54, 1.807) is 31.5 Å². The molecule has 0 spiro atoms. The van der Waals surface area contributed by atoms with E-state index >= 15 is 0 Å². The lowest BCUT2D eigenvalue weighted by Gasteiger charge is -2.39. The average molecular weight is 744 g/mol. The zero-order valence-electron chi connectivity index (χ0n) is 30.8. The number of esters is 1. The number of rotatable bonds is 7. The van der Waals surface area contributed by atoms with Crippen LogP contribution >= 0.6 is 0 Å². The van der Waals surface area contributed by atoms with Crippen molar-refractivity contribution in [1.29, 1.82) is 0 Å². The maximum Gasteiger partial charge on any atom is 0.328 e. The predicted octanol–water partition coefficient (Wildman–Crippen LogP) is 0.507. The number of piperidine rings is 1. The van der Waals surface area contributed by atoms with Crippen LogP contribution in [0.25, 0.3) is 0 Å². The van der Waals surface area contributed by atoms with E-state index in [2.05, 4.69) is 20.9 Å². The van der Waals surface area contributed by atoms with E-state index < -0.39 is 78.4 Å². The van der Waals surface area contributed by atoms with Crippen molar-refractivity contribution in [2.75, 3.05) is 26.2 Å². The first-order valence-electron chi connectivity index (χ1n) is 18.9. The molecule has 6 amide bonds. The molecule has 15 heteroatoms. The fourth-order valence-corrected chi connectivity index (χ4v) is 7.98. The third-order valence-corrected chi connectivity index (χ3v) is 10.8. The van der Waals surface area contributed by atoms with Crippen LogP contribution < -0.4 is 16.0 Å². The van der Waals surface area contributed by atoms with Crippen LogP contribution in [-0.4, -0.2) is 124 Å². The van der Waals surface area contributed by atoms with Crippen LogP contribution in [0.1, 0.15) is 63.5 Å². The van der Waals surface area contributed by atoms with Crippen molar-refractivity contribution in [2.24, 2.45) is 5.92 Å². The lowest BCUT2D eigenvalue weighted by atomic mass is 9.99. The van der Waals surface area contributed by atoms with Gasteiger partial charge in [-0.1, -0.05) is 37.3 Å². The second-order valence-corrected chi connectivity index (χ2v) is 14.8. The SMILES string of the molecule is C[C@@H]1C[C@H]2C(=O)OC[C@H](NC(=O)[C@H](Cc3ccccc3)NC(=O)Cc3ccncc3)C(=O)N3CCC[C@H]3C(=O)N3CCCC[C@H]3C(=O)N[C@@H](C)C(=O)N2C1. The summed E-state index contributed by atoms with van der Waals surface area (Å²) in [5.41, 5.74) is 1.46. The zero-order chi connectivity index (χ0) is 38.4. The lowest BCUT2D eigenvalue weighted by Crippen LogP contribution is -2.62. The van der Waals surface area contributed by atoms with E-state index in [1.807, 2.05) is 37.3 Å². The molecule has 15 nitrogen and oxygen atoms in total. The molecule has 0 radical (unpaired) electrons. The molecule has 0 unspecified atom stereocenters. The maximum atomic E-state index is 14.5. The Bertz CT molecular complexity index is 1730. The first kappa shape index (κ1) is 38.4. The standard InChI is InChI=1S/C39H49N7O8/c1-24-19-32-39(53)54-23-29(43-34(48)28(20-26-9-4-3-5-10-26)42-33(47)21-27-13-15-40-16-14-27)37(51)45-18-8-12-31(45)38(52)44-17-7-6-11-30(44)35(49)41-25(2)36(50)46(32)22-24/h3-5,9-10,13-16,24-25,28-32H,6-8,11-12,17-23H2,1-2H3,(H,41,49)(H,42,47)(H,43,48)/t24-,25+,28+,29+,30+,31+,32+/m1/s1. The van der Waals surface area contributed by atoms with Crippen molar-refractivity contribution in [1.82, 2.24) is 35.6 Å². The van der Waals surface area contributed by atoms with Crippen LogP contribution in [0.3, 0.4) is 0 Å². The number of carbonyl (C=O) groups is 7. The second kappa shape index (κ2) is 17.2. The van der Waals surface area contributed by atoms with Crippen LogP contribution in [0.15, 0.2) is 54.9 Å². The first-order valence-corrected chi connectivity index (χ1v) is 18.9. The van der Waals surface area contributed by atoms with E-state index in [0.29, 0.717) is 50.6 Å². The number of cyclic esters (lactones) is 1. The molecule has 1 aromatic heterocycles. The highest BCUT2D eigenvalue weighted by Gasteiger charge is 2.46. The Morgan fingerprint density at radius 1 is 0.833 bits per heavy atom. The molecule has 1 aromatic carbocycles. The summed E-state index contributed by atoms with van der Waals surface area (Å²) in [5, 5.41) is 8.35. The molecular formula is C39H49N7O8. The van der Waals surface area contributed by atoms with E-state index in [9.17, 15) is 33.6 Å². The molecule has 5 heterocycles. The predicted molar refractivity (Wildman–Crippen MR) is 194 cm³/mol. The third kappa shape index (κ3) is 8.88. The van der Waals surface area contributed by atoms with Crippen LogP contribution in [0.4, 0.5) is 0 Å². The summed E-state index contributed by atoms with van der Waals surface area (Å²) in [6, 6.07) is 6.32. The molecule has 4 fully saturated rings. The van der Waals surface area contributed by atoms with E-state index in [4.69, 9.17) is 4.74 Å². The normalized spacial score (nSPS) is 27.3. The van der Waals surface area contributed by atoms with Crippen molar-refractivity contribution < 1.29 is 38.3 Å². The molecule has 288 valence electrons. The number of amides is 6. The van der Waals surface area contributed by atoms with Gasteiger partial charge < -0.3 is 35.4 Å². The first-order chi connectivity index (χ1) is 26.0. The topological polar surface area (TPSA) is 187 Å². The van der Waals surface area contributed by atoms with Crippen LogP contribution in [0, 0.1) is 5.92 Å². The van der Waals surface area contributed by atoms with E-state index in [1.165, 1.54) is 14.7 Å². The third-order valence-electron chi connectivity index (χ3n) is 10.8. The van der Waals surface area contributed by atoms with Gasteiger partial charge in [-0.15, -0.1) is 0 Å². The summed E-state index contributed by atoms with van der Waals surface area (Å²) >= 11 is 0. The van der Waals surface area contributed by atoms with Gasteiger partial charge in [0, 0.05) is 38.4 Å². The fourth-order valence-electron chi connectivity index (χ4n) is 7.98. The molecule has 4 aliphatic rings. The number of nitrogens with one attached hydrogen (secondary N) is 3. The number of hydrogen-bond donors (Lipinski definition) is 3. The zero-order valence-corrected chi connectivity index (χ0v) is 30.8. The fraction of sp³-hybridized carbons (Fsp3) is 0.538.